The van der Waals surface area contributed by atoms with Gasteiger partial charge in [0.2, 0.25) is 5.78 Å². The molecule has 2 rings (SSSR count). The Balaban J connectivity index is 2.05. The molecule has 0 bridgehead atoms. The molecule has 21 heavy (non-hydrogen) atoms. The lowest BCUT2D eigenvalue weighted by Crippen LogP contribution is -2.38. The lowest BCUT2D eigenvalue weighted by atomic mass is 10.1. The first-order valence-corrected chi connectivity index (χ1v) is 6.62. The lowest BCUT2D eigenvalue weighted by molar-refractivity contribution is -0.141. The topological polar surface area (TPSA) is 68.5 Å². The van der Waals surface area contributed by atoms with Gasteiger partial charge in [-0.15, -0.1) is 0 Å². The number of methoxy groups -OCH3 is 1. The van der Waals surface area contributed by atoms with Crippen molar-refractivity contribution < 1.29 is 18.7 Å². The first kappa shape index (κ1) is 15.0. The van der Waals surface area contributed by atoms with Crippen LogP contribution in [0.3, 0.4) is 0 Å². The first-order chi connectivity index (χ1) is 10.2. The van der Waals surface area contributed by atoms with Gasteiger partial charge in [-0.1, -0.05) is 30.3 Å². The van der Waals surface area contributed by atoms with Crippen LogP contribution in [0.15, 0.2) is 53.1 Å². The van der Waals surface area contributed by atoms with Crippen molar-refractivity contribution in [3.8, 4) is 0 Å². The SMILES string of the molecule is COC(=O)CC(NCc1ccccc1)C(=O)c1ccco1. The molecule has 5 nitrogen and oxygen atoms in total. The predicted molar refractivity (Wildman–Crippen MR) is 76.7 cm³/mol. The zero-order chi connectivity index (χ0) is 15.1. The molecule has 1 aromatic carbocycles. The lowest BCUT2D eigenvalue weighted by Gasteiger charge is -2.15. The van der Waals surface area contributed by atoms with Gasteiger partial charge in [0, 0.05) is 6.54 Å². The normalized spacial score (nSPS) is 11.9. The maximum absolute atomic E-state index is 12.3. The Morgan fingerprint density at radius 3 is 2.57 bits per heavy atom. The van der Waals surface area contributed by atoms with Crippen LogP contribution in [0.4, 0.5) is 0 Å². The summed E-state index contributed by atoms with van der Waals surface area (Å²) in [6.45, 7) is 0.481. The number of rotatable bonds is 7. The summed E-state index contributed by atoms with van der Waals surface area (Å²) in [7, 11) is 1.30. The van der Waals surface area contributed by atoms with Crippen molar-refractivity contribution in [1.29, 1.82) is 0 Å². The second-order valence-electron chi connectivity index (χ2n) is 4.54. The number of hydrogen-bond donors (Lipinski definition) is 1. The van der Waals surface area contributed by atoms with Crippen molar-refractivity contribution in [2.75, 3.05) is 7.11 Å². The van der Waals surface area contributed by atoms with Gasteiger partial charge in [0.05, 0.1) is 25.8 Å². The van der Waals surface area contributed by atoms with Crippen molar-refractivity contribution >= 4 is 11.8 Å². The number of furan rings is 1. The van der Waals surface area contributed by atoms with E-state index in [4.69, 9.17) is 4.42 Å². The summed E-state index contributed by atoms with van der Waals surface area (Å²) in [5.41, 5.74) is 1.03. The molecule has 0 saturated heterocycles. The molecular formula is C16H17NO4. The van der Waals surface area contributed by atoms with Gasteiger partial charge in [-0.25, -0.2) is 0 Å². The van der Waals surface area contributed by atoms with Gasteiger partial charge >= 0.3 is 5.97 Å². The van der Waals surface area contributed by atoms with Gasteiger partial charge in [-0.2, -0.15) is 0 Å². The number of Topliss-reactive ketones (excluding diaryl/α,β-unsaturated/α-hetero) is 1. The molecule has 1 heterocycles. The van der Waals surface area contributed by atoms with Gasteiger partial charge in [0.25, 0.3) is 0 Å². The molecule has 2 aromatic rings. The minimum atomic E-state index is -0.677. The highest BCUT2D eigenvalue weighted by Crippen LogP contribution is 2.09. The zero-order valence-corrected chi connectivity index (χ0v) is 11.7. The van der Waals surface area contributed by atoms with Crippen LogP contribution in [-0.2, 0) is 16.1 Å². The summed E-state index contributed by atoms with van der Waals surface area (Å²) in [5, 5.41) is 3.08. The highest BCUT2D eigenvalue weighted by molar-refractivity contribution is 5.99. The molecule has 1 atom stereocenters. The van der Waals surface area contributed by atoms with Gasteiger partial charge in [0.15, 0.2) is 5.76 Å². The fourth-order valence-electron chi connectivity index (χ4n) is 1.93. The van der Waals surface area contributed by atoms with Gasteiger partial charge in [-0.3, -0.25) is 9.59 Å². The van der Waals surface area contributed by atoms with E-state index < -0.39 is 12.0 Å². The molecule has 1 unspecified atom stereocenters. The van der Waals surface area contributed by atoms with Gasteiger partial charge in [0.1, 0.15) is 0 Å². The monoisotopic (exact) mass is 287 g/mol. The fraction of sp³-hybridized carbons (Fsp3) is 0.250. The summed E-state index contributed by atoms with van der Waals surface area (Å²) >= 11 is 0. The molecule has 5 heteroatoms. The van der Waals surface area contributed by atoms with Crippen LogP contribution in [0.1, 0.15) is 22.5 Å². The minimum absolute atomic E-state index is 0.0388. The Bertz CT molecular complexity index is 578. The van der Waals surface area contributed by atoms with E-state index in [1.54, 1.807) is 12.1 Å². The highest BCUT2D eigenvalue weighted by Gasteiger charge is 2.25. The fourth-order valence-corrected chi connectivity index (χ4v) is 1.93. The van der Waals surface area contributed by atoms with Crippen LogP contribution in [-0.4, -0.2) is 24.9 Å². The average molecular weight is 287 g/mol. The van der Waals surface area contributed by atoms with E-state index in [0.717, 1.165) is 5.56 Å². The molecule has 0 spiro atoms. The second kappa shape index (κ2) is 7.40. The molecule has 0 saturated carbocycles. The zero-order valence-electron chi connectivity index (χ0n) is 11.7. The maximum Gasteiger partial charge on any atom is 0.307 e. The third-order valence-electron chi connectivity index (χ3n) is 3.07. The quantitative estimate of drug-likeness (QED) is 0.624. The molecule has 0 aliphatic carbocycles. The van der Waals surface area contributed by atoms with Crippen LogP contribution in [0.2, 0.25) is 0 Å². The van der Waals surface area contributed by atoms with Crippen molar-refractivity contribution in [2.24, 2.45) is 0 Å². The van der Waals surface area contributed by atoms with Crippen molar-refractivity contribution in [1.82, 2.24) is 5.32 Å². The molecule has 0 amide bonds. The summed E-state index contributed by atoms with van der Waals surface area (Å²) in [6.07, 6.45) is 1.39. The molecule has 110 valence electrons. The number of benzene rings is 1. The number of ketones is 1. The predicted octanol–water partition coefficient (Wildman–Crippen LogP) is 2.18. The Hall–Kier alpha value is -2.40. The summed E-state index contributed by atoms with van der Waals surface area (Å²) in [6, 6.07) is 12.2. The molecule has 0 fully saturated rings. The number of nitrogens with one attached hydrogen (secondary N) is 1. The molecule has 1 N–H and O–H groups in total. The Morgan fingerprint density at radius 2 is 1.95 bits per heavy atom. The van der Waals surface area contributed by atoms with E-state index in [1.165, 1.54) is 13.4 Å². The Morgan fingerprint density at radius 1 is 1.19 bits per heavy atom. The number of hydrogen-bond acceptors (Lipinski definition) is 5. The van der Waals surface area contributed by atoms with E-state index in [0.29, 0.717) is 6.54 Å². The molecule has 0 radical (unpaired) electrons. The first-order valence-electron chi connectivity index (χ1n) is 6.62. The molecule has 0 aliphatic heterocycles. The van der Waals surface area contributed by atoms with E-state index >= 15 is 0 Å². The highest BCUT2D eigenvalue weighted by atomic mass is 16.5. The smallest absolute Gasteiger partial charge is 0.307 e. The number of ether oxygens (including phenoxy) is 1. The van der Waals surface area contributed by atoms with Crippen LogP contribution in [0.5, 0.6) is 0 Å². The van der Waals surface area contributed by atoms with Crippen LogP contribution in [0.25, 0.3) is 0 Å². The summed E-state index contributed by atoms with van der Waals surface area (Å²) in [4.78, 5) is 23.8. The van der Waals surface area contributed by atoms with Gasteiger partial charge < -0.3 is 14.5 Å². The third-order valence-corrected chi connectivity index (χ3v) is 3.07. The summed E-state index contributed by atoms with van der Waals surface area (Å²) in [5.74, 6) is -0.480. The third kappa shape index (κ3) is 4.29. The van der Waals surface area contributed by atoms with Crippen molar-refractivity contribution in [2.45, 2.75) is 19.0 Å². The van der Waals surface area contributed by atoms with E-state index in [1.807, 2.05) is 30.3 Å². The van der Waals surface area contributed by atoms with Crippen molar-refractivity contribution in [3.63, 3.8) is 0 Å². The minimum Gasteiger partial charge on any atom is -0.469 e. The Kier molecular flexibility index (Phi) is 5.29. The van der Waals surface area contributed by atoms with E-state index in [9.17, 15) is 9.59 Å². The van der Waals surface area contributed by atoms with Crippen LogP contribution in [0, 0.1) is 0 Å². The molecule has 1 aromatic heterocycles. The van der Waals surface area contributed by atoms with Gasteiger partial charge in [-0.05, 0) is 17.7 Å². The second-order valence-corrected chi connectivity index (χ2v) is 4.54. The molecule has 0 aliphatic rings. The largest absolute Gasteiger partial charge is 0.469 e. The van der Waals surface area contributed by atoms with E-state index in [-0.39, 0.29) is 18.0 Å². The van der Waals surface area contributed by atoms with Crippen LogP contribution < -0.4 is 5.32 Å². The number of carbonyl (C=O) groups excluding carboxylic acids is 2. The average Bonchev–Trinajstić information content (AvgIpc) is 3.05. The van der Waals surface area contributed by atoms with Crippen molar-refractivity contribution in [3.05, 3.63) is 60.1 Å². The number of carbonyl (C=O) groups is 2. The van der Waals surface area contributed by atoms with E-state index in [2.05, 4.69) is 10.1 Å². The summed E-state index contributed by atoms with van der Waals surface area (Å²) < 4.78 is 9.74. The standard InChI is InChI=1S/C16H17NO4/c1-20-15(18)10-13(16(19)14-8-5-9-21-14)17-11-12-6-3-2-4-7-12/h2-9,13,17H,10-11H2,1H3. The van der Waals surface area contributed by atoms with Crippen LogP contribution >= 0.6 is 0 Å². The number of esters is 1. The maximum atomic E-state index is 12.3. The Labute approximate surface area is 122 Å². The molecular weight excluding hydrogens is 270 g/mol.